The van der Waals surface area contributed by atoms with Gasteiger partial charge in [0.15, 0.2) is 5.65 Å². The van der Waals surface area contributed by atoms with Crippen molar-refractivity contribution in [2.45, 2.75) is 46.3 Å². The standard InChI is InChI=1S/C32H33ClFN5O3/c1-6-27(41)37-11-12-38(20(5)16-37)30-24-15-25(33)28(22-9-7-8-10-26(22)34)35-31(24)39(32(42)36-30)29-19(4)13-21(17-40)14-23(29)18(2)3/h6-10,13-15,18,20,40H,1,11-12,16-17H2,2-5H3/t20-/m0/s1. The summed E-state index contributed by atoms with van der Waals surface area (Å²) in [5.41, 5.74) is 3.09. The van der Waals surface area contributed by atoms with Gasteiger partial charge in [-0.05, 0) is 60.7 Å². The number of halogens is 2. The molecule has 2 aromatic carbocycles. The molecule has 0 unspecified atom stereocenters. The third kappa shape index (κ3) is 5.18. The van der Waals surface area contributed by atoms with Crippen LogP contribution < -0.4 is 10.6 Å². The lowest BCUT2D eigenvalue weighted by Gasteiger charge is -2.40. The maximum absolute atomic E-state index is 15.0. The van der Waals surface area contributed by atoms with Crippen molar-refractivity contribution in [3.05, 3.63) is 93.1 Å². The number of pyridine rings is 1. The van der Waals surface area contributed by atoms with E-state index in [4.69, 9.17) is 16.6 Å². The molecule has 4 aromatic rings. The lowest BCUT2D eigenvalue weighted by atomic mass is 9.95. The molecule has 10 heteroatoms. The zero-order valence-electron chi connectivity index (χ0n) is 24.1. The molecule has 8 nitrogen and oxygen atoms in total. The van der Waals surface area contributed by atoms with E-state index in [1.807, 2.05) is 44.7 Å². The number of rotatable bonds is 6. The fourth-order valence-corrected chi connectivity index (χ4v) is 5.94. The van der Waals surface area contributed by atoms with Crippen LogP contribution in [0.15, 0.2) is 59.9 Å². The van der Waals surface area contributed by atoms with Gasteiger partial charge in [0.05, 0.1) is 28.4 Å². The minimum absolute atomic E-state index is 0.000613. The minimum atomic E-state index is -0.551. The molecule has 0 radical (unpaired) electrons. The molecule has 1 N–H and O–H groups in total. The highest BCUT2D eigenvalue weighted by Gasteiger charge is 2.30. The van der Waals surface area contributed by atoms with Crippen LogP contribution in [0.4, 0.5) is 10.2 Å². The highest BCUT2D eigenvalue weighted by Crippen LogP contribution is 2.36. The van der Waals surface area contributed by atoms with Gasteiger partial charge in [-0.15, -0.1) is 0 Å². The monoisotopic (exact) mass is 589 g/mol. The number of aliphatic hydroxyl groups is 1. The Labute approximate surface area is 248 Å². The maximum Gasteiger partial charge on any atom is 0.355 e. The van der Waals surface area contributed by atoms with E-state index in [1.165, 1.54) is 16.7 Å². The van der Waals surface area contributed by atoms with E-state index in [-0.39, 0.29) is 46.4 Å². The molecule has 1 atom stereocenters. The van der Waals surface area contributed by atoms with E-state index in [0.29, 0.717) is 36.5 Å². The summed E-state index contributed by atoms with van der Waals surface area (Å²) in [7, 11) is 0. The third-order valence-electron chi connectivity index (χ3n) is 7.73. The lowest BCUT2D eigenvalue weighted by Crippen LogP contribution is -2.54. The first kappa shape index (κ1) is 29.4. The number of nitrogens with zero attached hydrogens (tertiary/aromatic N) is 5. The van der Waals surface area contributed by atoms with E-state index < -0.39 is 11.5 Å². The van der Waals surface area contributed by atoms with Gasteiger partial charge in [0.2, 0.25) is 5.91 Å². The second-order valence-electron chi connectivity index (χ2n) is 10.9. The van der Waals surface area contributed by atoms with Gasteiger partial charge < -0.3 is 14.9 Å². The van der Waals surface area contributed by atoms with Gasteiger partial charge in [-0.1, -0.05) is 56.3 Å². The van der Waals surface area contributed by atoms with Crippen LogP contribution in [0.25, 0.3) is 28.0 Å². The average Bonchev–Trinajstić information content (AvgIpc) is 2.96. The van der Waals surface area contributed by atoms with Gasteiger partial charge in [0.1, 0.15) is 11.6 Å². The van der Waals surface area contributed by atoms with Crippen molar-refractivity contribution >= 4 is 34.4 Å². The van der Waals surface area contributed by atoms with Crippen LogP contribution in [0.5, 0.6) is 0 Å². The molecule has 0 saturated carbocycles. The number of benzene rings is 2. The zero-order chi connectivity index (χ0) is 30.3. The van der Waals surface area contributed by atoms with E-state index >= 15 is 0 Å². The molecule has 5 rings (SSSR count). The predicted molar refractivity (Wildman–Crippen MR) is 164 cm³/mol. The van der Waals surface area contributed by atoms with Gasteiger partial charge >= 0.3 is 5.69 Å². The Hall–Kier alpha value is -4.08. The Balaban J connectivity index is 1.83. The van der Waals surface area contributed by atoms with Gasteiger partial charge in [-0.2, -0.15) is 4.98 Å². The average molecular weight is 590 g/mol. The molecule has 3 heterocycles. The summed E-state index contributed by atoms with van der Waals surface area (Å²) in [5.74, 6) is -0.246. The van der Waals surface area contributed by atoms with Crippen molar-refractivity contribution in [2.24, 2.45) is 0 Å². The van der Waals surface area contributed by atoms with Gasteiger partial charge in [0.25, 0.3) is 0 Å². The number of aryl methyl sites for hydroxylation is 1. The molecule has 42 heavy (non-hydrogen) atoms. The number of anilines is 1. The molecule has 2 aromatic heterocycles. The minimum Gasteiger partial charge on any atom is -0.392 e. The first-order chi connectivity index (χ1) is 20.0. The fourth-order valence-electron chi connectivity index (χ4n) is 5.69. The smallest absolute Gasteiger partial charge is 0.355 e. The summed E-state index contributed by atoms with van der Waals surface area (Å²) in [6.07, 6.45) is 1.29. The molecule has 0 spiro atoms. The van der Waals surface area contributed by atoms with Crippen molar-refractivity contribution in [3.63, 3.8) is 0 Å². The summed E-state index contributed by atoms with van der Waals surface area (Å²) < 4.78 is 16.4. The van der Waals surface area contributed by atoms with Crippen molar-refractivity contribution in [2.75, 3.05) is 24.5 Å². The van der Waals surface area contributed by atoms with Crippen LogP contribution in [0.2, 0.25) is 5.02 Å². The Morgan fingerprint density at radius 3 is 2.60 bits per heavy atom. The van der Waals surface area contributed by atoms with Crippen LogP contribution in [0.3, 0.4) is 0 Å². The number of aliphatic hydroxyl groups excluding tert-OH is 1. The number of hydrogen-bond acceptors (Lipinski definition) is 6. The van der Waals surface area contributed by atoms with Crippen LogP contribution in [-0.2, 0) is 11.4 Å². The van der Waals surface area contributed by atoms with E-state index in [1.54, 1.807) is 29.2 Å². The summed E-state index contributed by atoms with van der Waals surface area (Å²) in [5, 5.41) is 10.6. The van der Waals surface area contributed by atoms with E-state index in [0.717, 1.165) is 16.7 Å². The number of carbonyl (C=O) groups excluding carboxylic acids is 1. The number of aromatic nitrogens is 3. The van der Waals surface area contributed by atoms with Gasteiger partial charge in [-0.3, -0.25) is 4.79 Å². The fraction of sp³-hybridized carbons (Fsp3) is 0.312. The maximum atomic E-state index is 15.0. The van der Waals surface area contributed by atoms with E-state index in [2.05, 4.69) is 11.6 Å². The van der Waals surface area contributed by atoms with Crippen molar-refractivity contribution < 1.29 is 14.3 Å². The van der Waals surface area contributed by atoms with Crippen molar-refractivity contribution in [1.29, 1.82) is 0 Å². The summed E-state index contributed by atoms with van der Waals surface area (Å²) in [6, 6.07) is 11.4. The van der Waals surface area contributed by atoms with E-state index in [9.17, 15) is 19.1 Å². The first-order valence-electron chi connectivity index (χ1n) is 13.9. The van der Waals surface area contributed by atoms with Gasteiger partial charge in [-0.25, -0.2) is 18.7 Å². The Morgan fingerprint density at radius 1 is 1.21 bits per heavy atom. The van der Waals surface area contributed by atoms with Crippen LogP contribution in [0, 0.1) is 12.7 Å². The largest absolute Gasteiger partial charge is 0.392 e. The molecular weight excluding hydrogens is 557 g/mol. The molecule has 0 bridgehead atoms. The Kier molecular flexibility index (Phi) is 8.17. The normalized spacial score (nSPS) is 15.5. The molecule has 1 amide bonds. The summed E-state index contributed by atoms with van der Waals surface area (Å²) >= 11 is 6.78. The van der Waals surface area contributed by atoms with Crippen molar-refractivity contribution in [3.8, 4) is 16.9 Å². The van der Waals surface area contributed by atoms with Crippen LogP contribution in [0.1, 0.15) is 43.4 Å². The van der Waals surface area contributed by atoms with Crippen LogP contribution in [-0.4, -0.2) is 56.1 Å². The highest BCUT2D eigenvalue weighted by atomic mass is 35.5. The Morgan fingerprint density at radius 2 is 1.95 bits per heavy atom. The Bertz CT molecular complexity index is 1770. The molecule has 1 fully saturated rings. The zero-order valence-corrected chi connectivity index (χ0v) is 24.8. The molecule has 0 aliphatic carbocycles. The number of fused-ring (bicyclic) bond motifs is 1. The molecule has 1 saturated heterocycles. The third-order valence-corrected chi connectivity index (χ3v) is 8.02. The van der Waals surface area contributed by atoms with Crippen molar-refractivity contribution in [1.82, 2.24) is 19.4 Å². The first-order valence-corrected chi connectivity index (χ1v) is 14.2. The second-order valence-corrected chi connectivity index (χ2v) is 11.3. The quantitative estimate of drug-likeness (QED) is 0.303. The predicted octanol–water partition coefficient (Wildman–Crippen LogP) is 5.39. The summed E-state index contributed by atoms with van der Waals surface area (Å²) in [4.78, 5) is 39.5. The van der Waals surface area contributed by atoms with Crippen LogP contribution >= 0.6 is 11.6 Å². The topological polar surface area (TPSA) is 91.6 Å². The number of carbonyl (C=O) groups is 1. The molecule has 218 valence electrons. The number of amides is 1. The summed E-state index contributed by atoms with van der Waals surface area (Å²) in [6.45, 7) is 12.6. The second kappa shape index (κ2) is 11.7. The highest BCUT2D eigenvalue weighted by molar-refractivity contribution is 6.33. The number of piperazine rings is 1. The lowest BCUT2D eigenvalue weighted by molar-refractivity contribution is -0.126. The SMILES string of the molecule is C=CC(=O)N1CCN(c2nc(=O)n(-c3c(C)cc(CO)cc3C(C)C)c3nc(-c4ccccc4F)c(Cl)cc23)[C@@H](C)C1. The molecule has 1 aliphatic heterocycles. The van der Waals surface area contributed by atoms with Gasteiger partial charge in [0, 0.05) is 31.2 Å². The molecule has 1 aliphatic rings. The molecular formula is C32H33ClFN5O3. The number of hydrogen-bond donors (Lipinski definition) is 1.